The molecule has 2 rings (SSSR count). The quantitative estimate of drug-likeness (QED) is 0.251. The van der Waals surface area contributed by atoms with E-state index < -0.39 is 59.2 Å². The summed E-state index contributed by atoms with van der Waals surface area (Å²) in [5, 5.41) is -4.18. The Kier molecular flexibility index (Phi) is 5.62. The normalized spacial score (nSPS) is 29.1. The first-order chi connectivity index (χ1) is 14.1. The Morgan fingerprint density at radius 3 is 1.06 bits per heavy atom. The Morgan fingerprint density at radius 1 is 0.636 bits per heavy atom. The molecule has 2 aliphatic rings. The van der Waals surface area contributed by atoms with Crippen molar-refractivity contribution in [3.8, 4) is 0 Å². The zero-order valence-corrected chi connectivity index (χ0v) is 19.3. The van der Waals surface area contributed by atoms with Gasteiger partial charge in [-0.15, -0.1) is 0 Å². The standard InChI is InChI=1S/C18H23F12O2P/c1-9(2)8-33(11(4,5)10(3)12(33,6)7)31-13(15(19,20)21,16(22,23)24)14(32-33,17(25,26)27)18(28,29)30/h8,10H,1-7H3. The van der Waals surface area contributed by atoms with Crippen molar-refractivity contribution in [1.29, 1.82) is 0 Å². The minimum absolute atomic E-state index is 0.167. The van der Waals surface area contributed by atoms with Crippen molar-refractivity contribution < 1.29 is 61.7 Å². The van der Waals surface area contributed by atoms with Crippen molar-refractivity contribution >= 4 is 7.06 Å². The van der Waals surface area contributed by atoms with Crippen molar-refractivity contribution in [3.05, 3.63) is 11.4 Å². The van der Waals surface area contributed by atoms with Crippen LogP contribution < -0.4 is 0 Å². The van der Waals surface area contributed by atoms with Crippen LogP contribution in [0.2, 0.25) is 0 Å². The van der Waals surface area contributed by atoms with Crippen LogP contribution in [0.4, 0.5) is 52.7 Å². The second kappa shape index (κ2) is 6.52. The number of hydrogen-bond donors (Lipinski definition) is 0. The molecule has 0 atom stereocenters. The molecule has 0 aromatic heterocycles. The molecule has 0 unspecified atom stereocenters. The van der Waals surface area contributed by atoms with E-state index in [0.29, 0.717) is 5.82 Å². The van der Waals surface area contributed by atoms with Crippen LogP contribution >= 0.6 is 7.06 Å². The van der Waals surface area contributed by atoms with E-state index in [1.807, 2.05) is 0 Å². The van der Waals surface area contributed by atoms with Crippen LogP contribution in [0.1, 0.15) is 48.5 Å². The summed E-state index contributed by atoms with van der Waals surface area (Å²) in [6.07, 6.45) is -28.9. The van der Waals surface area contributed by atoms with Crippen LogP contribution in [-0.2, 0) is 9.05 Å². The van der Waals surface area contributed by atoms with Crippen molar-refractivity contribution in [1.82, 2.24) is 0 Å². The minimum atomic E-state index is -7.22. The average molecular weight is 530 g/mol. The fourth-order valence-electron chi connectivity index (χ4n) is 5.62. The van der Waals surface area contributed by atoms with Gasteiger partial charge in [0.05, 0.1) is 0 Å². The summed E-state index contributed by atoms with van der Waals surface area (Å²) in [6.45, 7) is 7.33. The Morgan fingerprint density at radius 2 is 0.879 bits per heavy atom. The zero-order chi connectivity index (χ0) is 26.7. The second-order valence-corrected chi connectivity index (χ2v) is 14.8. The summed E-state index contributed by atoms with van der Waals surface area (Å²) in [4.78, 5) is 0. The number of alkyl halides is 12. The molecule has 0 aromatic rings. The first-order valence-corrected chi connectivity index (χ1v) is 11.6. The third kappa shape index (κ3) is 2.66. The molecule has 2 saturated heterocycles. The maximum absolute atomic E-state index is 14.2. The van der Waals surface area contributed by atoms with Crippen LogP contribution in [0, 0.1) is 5.92 Å². The molecule has 15 heteroatoms. The van der Waals surface area contributed by atoms with Gasteiger partial charge in [0.1, 0.15) is 0 Å². The van der Waals surface area contributed by atoms with E-state index in [9.17, 15) is 52.7 Å². The third-order valence-corrected chi connectivity index (χ3v) is 14.9. The van der Waals surface area contributed by atoms with Crippen molar-refractivity contribution in [2.24, 2.45) is 5.92 Å². The number of hydrogen-bond acceptors (Lipinski definition) is 2. The van der Waals surface area contributed by atoms with Gasteiger partial charge in [-0.25, -0.2) is 0 Å². The van der Waals surface area contributed by atoms with Crippen LogP contribution in [0.3, 0.4) is 0 Å². The van der Waals surface area contributed by atoms with Gasteiger partial charge >= 0.3 is 181 Å². The molecule has 0 saturated carbocycles. The topological polar surface area (TPSA) is 18.5 Å². The second-order valence-electron chi connectivity index (χ2n) is 9.79. The third-order valence-electron chi connectivity index (χ3n) is 7.52. The van der Waals surface area contributed by atoms with Crippen molar-refractivity contribution in [2.75, 3.05) is 0 Å². The number of rotatable bonds is 1. The van der Waals surface area contributed by atoms with Gasteiger partial charge in [-0.05, 0) is 0 Å². The summed E-state index contributed by atoms with van der Waals surface area (Å²) >= 11 is 0. The van der Waals surface area contributed by atoms with Gasteiger partial charge in [0.25, 0.3) is 0 Å². The predicted octanol–water partition coefficient (Wildman–Crippen LogP) is 8.27. The van der Waals surface area contributed by atoms with Gasteiger partial charge in [-0.2, -0.15) is 0 Å². The van der Waals surface area contributed by atoms with E-state index in [1.165, 1.54) is 6.92 Å². The molecular formula is C18H23F12O2P. The van der Waals surface area contributed by atoms with Gasteiger partial charge < -0.3 is 0 Å². The number of allylic oxidation sites excluding steroid dienone is 1. The molecule has 2 aliphatic heterocycles. The summed E-state index contributed by atoms with van der Waals surface area (Å²) in [6, 6.07) is 0. The molecule has 33 heavy (non-hydrogen) atoms. The Hall–Kier alpha value is -0.750. The molecule has 0 aliphatic carbocycles. The van der Waals surface area contributed by atoms with Crippen LogP contribution in [0.15, 0.2) is 11.4 Å². The molecule has 2 nitrogen and oxygen atoms in total. The molecular weight excluding hydrogens is 507 g/mol. The van der Waals surface area contributed by atoms with Gasteiger partial charge in [-0.3, -0.25) is 0 Å². The molecule has 0 radical (unpaired) electrons. The van der Waals surface area contributed by atoms with E-state index in [2.05, 4.69) is 9.05 Å². The van der Waals surface area contributed by atoms with E-state index >= 15 is 0 Å². The van der Waals surface area contributed by atoms with Crippen molar-refractivity contribution in [2.45, 2.75) is 94.7 Å². The molecule has 196 valence electrons. The van der Waals surface area contributed by atoms with Crippen LogP contribution in [0.25, 0.3) is 0 Å². The fraction of sp³-hybridized carbons (Fsp3) is 0.889. The average Bonchev–Trinajstić information content (AvgIpc) is 2.86. The molecule has 2 heterocycles. The van der Waals surface area contributed by atoms with E-state index in [4.69, 9.17) is 0 Å². The van der Waals surface area contributed by atoms with E-state index in [1.54, 1.807) is 0 Å². The Labute approximate surface area is 181 Å². The van der Waals surface area contributed by atoms with Gasteiger partial charge in [-0.1, -0.05) is 0 Å². The van der Waals surface area contributed by atoms with Gasteiger partial charge in [0, 0.05) is 0 Å². The van der Waals surface area contributed by atoms with E-state index in [0.717, 1.165) is 41.5 Å². The SMILES string of the molecule is CC(C)=CP12(OC(C(F)(F)F)(C(F)(F)F)C(C(F)(F)F)(C(F)(F)F)O1)C(C)(C)C(C)C2(C)C. The molecule has 0 bridgehead atoms. The first-order valence-electron chi connectivity index (χ1n) is 9.44. The van der Waals surface area contributed by atoms with Crippen molar-refractivity contribution in [3.63, 3.8) is 0 Å². The molecule has 0 N–H and O–H groups in total. The number of halogens is 12. The van der Waals surface area contributed by atoms with Gasteiger partial charge in [0.15, 0.2) is 0 Å². The fourth-order valence-corrected chi connectivity index (χ4v) is 13.5. The molecule has 0 amide bonds. The first kappa shape index (κ1) is 28.5. The summed E-state index contributed by atoms with van der Waals surface area (Å²) in [5.74, 6) is -0.480. The predicted molar refractivity (Wildman–Crippen MR) is 95.5 cm³/mol. The Balaban J connectivity index is 3.36. The molecule has 0 aromatic carbocycles. The molecule has 2 fully saturated rings. The monoisotopic (exact) mass is 530 g/mol. The van der Waals surface area contributed by atoms with E-state index in [-0.39, 0.29) is 5.57 Å². The summed E-state index contributed by atoms with van der Waals surface area (Å²) in [7, 11) is -6.29. The van der Waals surface area contributed by atoms with Crippen LogP contribution in [0.5, 0.6) is 0 Å². The zero-order valence-electron chi connectivity index (χ0n) is 18.5. The Bertz CT molecular complexity index is 768. The van der Waals surface area contributed by atoms with Crippen LogP contribution in [-0.4, -0.2) is 46.2 Å². The van der Waals surface area contributed by atoms with Gasteiger partial charge in [0.2, 0.25) is 0 Å². The summed E-state index contributed by atoms with van der Waals surface area (Å²) < 4.78 is 179. The maximum atomic E-state index is 14.2. The summed E-state index contributed by atoms with van der Waals surface area (Å²) in [5.41, 5.74) is -13.7. The molecule has 1 spiro atoms.